The molecule has 0 radical (unpaired) electrons. The van der Waals surface area contributed by atoms with Crippen molar-refractivity contribution in [3.63, 3.8) is 0 Å². The predicted molar refractivity (Wildman–Crippen MR) is 83.4 cm³/mol. The van der Waals surface area contributed by atoms with Crippen LogP contribution in [0.2, 0.25) is 0 Å². The molecule has 2 heterocycles. The summed E-state index contributed by atoms with van der Waals surface area (Å²) in [5.41, 5.74) is 1.03. The van der Waals surface area contributed by atoms with E-state index >= 15 is 0 Å². The normalized spacial score (nSPS) is 10.8. The van der Waals surface area contributed by atoms with Crippen LogP contribution in [0.4, 0.5) is 0 Å². The van der Waals surface area contributed by atoms with Crippen LogP contribution < -0.4 is 4.74 Å². The van der Waals surface area contributed by atoms with Crippen LogP contribution >= 0.6 is 11.8 Å². The van der Waals surface area contributed by atoms with Crippen LogP contribution in [0.25, 0.3) is 5.69 Å². The summed E-state index contributed by atoms with van der Waals surface area (Å²) in [7, 11) is 1.66. The van der Waals surface area contributed by atoms with Gasteiger partial charge in [-0.05, 0) is 24.3 Å². The van der Waals surface area contributed by atoms with Gasteiger partial charge in [0, 0.05) is 24.5 Å². The van der Waals surface area contributed by atoms with E-state index in [1.165, 1.54) is 0 Å². The van der Waals surface area contributed by atoms with Crippen LogP contribution in [0.15, 0.2) is 46.2 Å². The zero-order valence-electron chi connectivity index (χ0n) is 12.4. The lowest BCUT2D eigenvalue weighted by molar-refractivity contribution is 0.414. The maximum absolute atomic E-state index is 5.51. The number of aryl methyl sites for hydroxylation is 1. The Labute approximate surface area is 132 Å². The number of aromatic nitrogens is 4. The van der Waals surface area contributed by atoms with Crippen molar-refractivity contribution in [2.24, 2.45) is 0 Å². The smallest absolute Gasteiger partial charge is 0.226 e. The molecule has 0 amide bonds. The molecule has 0 saturated carbocycles. The monoisotopic (exact) mass is 316 g/mol. The Morgan fingerprint density at radius 2 is 1.95 bits per heavy atom. The van der Waals surface area contributed by atoms with Crippen LogP contribution in [0, 0.1) is 0 Å². The topological polar surface area (TPSA) is 66.0 Å². The Hall–Kier alpha value is -2.28. The molecule has 114 valence electrons. The number of nitrogens with zero attached hydrogens (tertiary/aromatic N) is 4. The first-order chi connectivity index (χ1) is 10.8. The third-order valence-corrected chi connectivity index (χ3v) is 4.04. The first-order valence-electron chi connectivity index (χ1n) is 6.92. The molecule has 0 spiro atoms. The van der Waals surface area contributed by atoms with Gasteiger partial charge in [0.05, 0.1) is 12.9 Å². The standard InChI is InChI=1S/C15H16N4O2S/c1-3-13-17-18-14(21-13)10-22-15-16-8-9-19(15)11-4-6-12(20-2)7-5-11/h4-9H,3,10H2,1-2H3. The third-order valence-electron chi connectivity index (χ3n) is 3.09. The number of methoxy groups -OCH3 is 1. The summed E-state index contributed by atoms with van der Waals surface area (Å²) >= 11 is 1.56. The fourth-order valence-electron chi connectivity index (χ4n) is 1.95. The predicted octanol–water partition coefficient (Wildman–Crippen LogP) is 3.12. The molecule has 0 bridgehead atoms. The molecule has 0 N–H and O–H groups in total. The highest BCUT2D eigenvalue weighted by Gasteiger charge is 2.10. The molecule has 3 rings (SSSR count). The number of hydrogen-bond donors (Lipinski definition) is 0. The van der Waals surface area contributed by atoms with Crippen molar-refractivity contribution < 1.29 is 9.15 Å². The summed E-state index contributed by atoms with van der Waals surface area (Å²) in [6.07, 6.45) is 4.45. The molecule has 0 unspecified atom stereocenters. The van der Waals surface area contributed by atoms with Crippen molar-refractivity contribution in [2.45, 2.75) is 24.3 Å². The van der Waals surface area contributed by atoms with E-state index < -0.39 is 0 Å². The number of thioether (sulfide) groups is 1. The fraction of sp³-hybridized carbons (Fsp3) is 0.267. The second kappa shape index (κ2) is 6.65. The second-order valence-corrected chi connectivity index (χ2v) is 5.45. The molecule has 0 aliphatic rings. The van der Waals surface area contributed by atoms with Crippen molar-refractivity contribution in [1.82, 2.24) is 19.7 Å². The molecular weight excluding hydrogens is 300 g/mol. The Kier molecular flexibility index (Phi) is 4.43. The number of imidazole rings is 1. The highest BCUT2D eigenvalue weighted by atomic mass is 32.2. The van der Waals surface area contributed by atoms with Crippen molar-refractivity contribution >= 4 is 11.8 Å². The SMILES string of the molecule is CCc1nnc(CSc2nccn2-c2ccc(OC)cc2)o1. The van der Waals surface area contributed by atoms with Gasteiger partial charge in [-0.15, -0.1) is 10.2 Å². The molecule has 2 aromatic heterocycles. The molecule has 22 heavy (non-hydrogen) atoms. The molecule has 6 nitrogen and oxygen atoms in total. The van der Waals surface area contributed by atoms with E-state index in [-0.39, 0.29) is 0 Å². The summed E-state index contributed by atoms with van der Waals surface area (Å²) in [5.74, 6) is 2.71. The molecule has 0 aliphatic carbocycles. The van der Waals surface area contributed by atoms with Crippen molar-refractivity contribution in [3.05, 3.63) is 48.4 Å². The van der Waals surface area contributed by atoms with Gasteiger partial charge in [-0.1, -0.05) is 18.7 Å². The molecular formula is C15H16N4O2S. The maximum Gasteiger partial charge on any atom is 0.226 e. The number of ether oxygens (including phenoxy) is 1. The van der Waals surface area contributed by atoms with E-state index in [1.807, 2.05) is 42.0 Å². The molecule has 0 atom stereocenters. The first kappa shape index (κ1) is 14.6. The van der Waals surface area contributed by atoms with Crippen molar-refractivity contribution in [1.29, 1.82) is 0 Å². The summed E-state index contributed by atoms with van der Waals surface area (Å²) in [5, 5.41) is 8.86. The first-order valence-corrected chi connectivity index (χ1v) is 7.90. The van der Waals surface area contributed by atoms with Crippen LogP contribution in [0.5, 0.6) is 5.75 Å². The Morgan fingerprint density at radius 1 is 1.18 bits per heavy atom. The molecule has 7 heteroatoms. The van der Waals surface area contributed by atoms with Crippen LogP contribution in [-0.4, -0.2) is 26.9 Å². The lowest BCUT2D eigenvalue weighted by Crippen LogP contribution is -1.95. The number of hydrogen-bond acceptors (Lipinski definition) is 6. The average molecular weight is 316 g/mol. The van der Waals surface area contributed by atoms with Gasteiger partial charge in [0.15, 0.2) is 5.16 Å². The Balaban J connectivity index is 1.73. The minimum absolute atomic E-state index is 0.597. The van der Waals surface area contributed by atoms with E-state index in [0.29, 0.717) is 17.5 Å². The lowest BCUT2D eigenvalue weighted by Gasteiger charge is -2.07. The highest BCUT2D eigenvalue weighted by Crippen LogP contribution is 2.24. The highest BCUT2D eigenvalue weighted by molar-refractivity contribution is 7.98. The van der Waals surface area contributed by atoms with Gasteiger partial charge in [0.1, 0.15) is 5.75 Å². The molecule has 3 aromatic rings. The maximum atomic E-state index is 5.51. The summed E-state index contributed by atoms with van der Waals surface area (Å²) in [4.78, 5) is 4.38. The van der Waals surface area contributed by atoms with E-state index in [4.69, 9.17) is 9.15 Å². The second-order valence-electron chi connectivity index (χ2n) is 4.51. The van der Waals surface area contributed by atoms with Gasteiger partial charge in [-0.2, -0.15) is 0 Å². The minimum Gasteiger partial charge on any atom is -0.497 e. The van der Waals surface area contributed by atoms with Crippen LogP contribution in [0.1, 0.15) is 18.7 Å². The fourth-order valence-corrected chi connectivity index (χ4v) is 2.76. The van der Waals surface area contributed by atoms with Crippen molar-refractivity contribution in [3.8, 4) is 11.4 Å². The van der Waals surface area contributed by atoms with Gasteiger partial charge >= 0.3 is 0 Å². The van der Waals surface area contributed by atoms with Gasteiger partial charge in [0.2, 0.25) is 11.8 Å². The average Bonchev–Trinajstić information content (AvgIpc) is 3.22. The van der Waals surface area contributed by atoms with Gasteiger partial charge < -0.3 is 9.15 Å². The number of rotatable bonds is 6. The summed E-state index contributed by atoms with van der Waals surface area (Å²) < 4.78 is 12.7. The summed E-state index contributed by atoms with van der Waals surface area (Å²) in [6.45, 7) is 1.99. The lowest BCUT2D eigenvalue weighted by atomic mass is 10.3. The molecule has 0 aliphatic heterocycles. The van der Waals surface area contributed by atoms with Crippen LogP contribution in [-0.2, 0) is 12.2 Å². The minimum atomic E-state index is 0.597. The Morgan fingerprint density at radius 3 is 2.64 bits per heavy atom. The van der Waals surface area contributed by atoms with Crippen molar-refractivity contribution in [2.75, 3.05) is 7.11 Å². The zero-order chi connectivity index (χ0) is 15.4. The van der Waals surface area contributed by atoms with E-state index in [9.17, 15) is 0 Å². The van der Waals surface area contributed by atoms with Gasteiger partial charge in [-0.3, -0.25) is 4.57 Å². The zero-order valence-corrected chi connectivity index (χ0v) is 13.2. The molecule has 1 aromatic carbocycles. The van der Waals surface area contributed by atoms with Gasteiger partial charge in [0.25, 0.3) is 0 Å². The van der Waals surface area contributed by atoms with Crippen LogP contribution in [0.3, 0.4) is 0 Å². The quantitative estimate of drug-likeness (QED) is 0.651. The van der Waals surface area contributed by atoms with E-state index in [0.717, 1.165) is 23.0 Å². The summed E-state index contributed by atoms with van der Waals surface area (Å²) in [6, 6.07) is 7.84. The molecule has 0 fully saturated rings. The van der Waals surface area contributed by atoms with E-state index in [2.05, 4.69) is 15.2 Å². The third kappa shape index (κ3) is 3.14. The van der Waals surface area contributed by atoms with Gasteiger partial charge in [-0.25, -0.2) is 4.98 Å². The van der Waals surface area contributed by atoms with E-state index in [1.54, 1.807) is 25.1 Å². The number of benzene rings is 1. The largest absolute Gasteiger partial charge is 0.497 e. The molecule has 0 saturated heterocycles. The Bertz CT molecular complexity index is 736.